The van der Waals surface area contributed by atoms with Crippen LogP contribution in [0, 0.1) is 13.8 Å². The number of anilines is 1. The number of halogens is 1. The second kappa shape index (κ2) is 10.0. The molecule has 1 aromatic heterocycles. The van der Waals surface area contributed by atoms with Crippen molar-refractivity contribution >= 4 is 45.0 Å². The van der Waals surface area contributed by atoms with E-state index in [-0.39, 0.29) is 18.3 Å². The maximum Gasteiger partial charge on any atom is 0.260 e. The SMILES string of the molecule is CCN(CC)CCN(C(=O)c1ccccc1)c1nc2c(C)c(C)ccc2s1.Cl. The fourth-order valence-electron chi connectivity index (χ4n) is 3.13. The van der Waals surface area contributed by atoms with E-state index in [2.05, 4.69) is 44.7 Å². The Morgan fingerprint density at radius 2 is 1.68 bits per heavy atom. The van der Waals surface area contributed by atoms with Gasteiger partial charge in [0.05, 0.1) is 10.2 Å². The third-order valence-electron chi connectivity index (χ3n) is 5.10. The number of nitrogens with zero attached hydrogens (tertiary/aromatic N) is 3. The van der Waals surface area contributed by atoms with E-state index in [0.717, 1.165) is 35.0 Å². The molecule has 0 fully saturated rings. The third kappa shape index (κ3) is 4.72. The molecule has 3 rings (SSSR count). The van der Waals surface area contributed by atoms with Crippen molar-refractivity contribution in [1.29, 1.82) is 0 Å². The maximum absolute atomic E-state index is 13.2. The van der Waals surface area contributed by atoms with Gasteiger partial charge in [-0.2, -0.15) is 0 Å². The lowest BCUT2D eigenvalue weighted by molar-refractivity contribution is 0.0984. The number of hydrogen-bond donors (Lipinski definition) is 0. The molecule has 0 atom stereocenters. The number of likely N-dealkylation sites (N-methyl/N-ethyl adjacent to an activating group) is 1. The summed E-state index contributed by atoms with van der Waals surface area (Å²) >= 11 is 1.59. The Morgan fingerprint density at radius 1 is 1.00 bits per heavy atom. The monoisotopic (exact) mass is 417 g/mol. The molecule has 0 N–H and O–H groups in total. The van der Waals surface area contributed by atoms with Crippen molar-refractivity contribution in [3.8, 4) is 0 Å². The first-order chi connectivity index (χ1) is 13.0. The Bertz CT molecular complexity index is 922. The van der Waals surface area contributed by atoms with Crippen molar-refractivity contribution in [3.05, 3.63) is 59.2 Å². The predicted molar refractivity (Wildman–Crippen MR) is 122 cm³/mol. The molecular weight excluding hydrogens is 390 g/mol. The lowest BCUT2D eigenvalue weighted by atomic mass is 10.1. The average Bonchev–Trinajstić information content (AvgIpc) is 3.13. The number of carbonyl (C=O) groups excluding carboxylic acids is 1. The molecule has 6 heteroatoms. The molecule has 0 aliphatic heterocycles. The topological polar surface area (TPSA) is 36.4 Å². The van der Waals surface area contributed by atoms with Crippen LogP contribution in [0.25, 0.3) is 10.2 Å². The van der Waals surface area contributed by atoms with Crippen LogP contribution in [-0.4, -0.2) is 42.0 Å². The molecule has 0 spiro atoms. The summed E-state index contributed by atoms with van der Waals surface area (Å²) in [6, 6.07) is 13.7. The number of benzene rings is 2. The summed E-state index contributed by atoms with van der Waals surface area (Å²) in [7, 11) is 0. The Labute approximate surface area is 177 Å². The van der Waals surface area contributed by atoms with Gasteiger partial charge in [-0.3, -0.25) is 9.69 Å². The number of fused-ring (bicyclic) bond motifs is 1. The molecule has 0 radical (unpaired) electrons. The van der Waals surface area contributed by atoms with Gasteiger partial charge < -0.3 is 4.90 Å². The number of aromatic nitrogens is 1. The molecule has 4 nitrogen and oxygen atoms in total. The summed E-state index contributed by atoms with van der Waals surface area (Å²) in [5, 5.41) is 0.778. The van der Waals surface area contributed by atoms with E-state index in [0.29, 0.717) is 12.1 Å². The highest BCUT2D eigenvalue weighted by Crippen LogP contribution is 2.32. The standard InChI is InChI=1S/C22H27N3OS.ClH/c1-5-24(6-2)14-15-25(21(26)18-10-8-7-9-11-18)22-23-20-17(4)16(3)12-13-19(20)27-22;/h7-13H,5-6,14-15H2,1-4H3;1H. The van der Waals surface area contributed by atoms with Gasteiger partial charge in [-0.25, -0.2) is 4.98 Å². The predicted octanol–water partition coefficient (Wildman–Crippen LogP) is 5.32. The van der Waals surface area contributed by atoms with E-state index in [9.17, 15) is 4.79 Å². The van der Waals surface area contributed by atoms with E-state index in [1.165, 1.54) is 11.1 Å². The van der Waals surface area contributed by atoms with Crippen LogP contribution in [0.3, 0.4) is 0 Å². The lowest BCUT2D eigenvalue weighted by Gasteiger charge is -2.24. The number of aryl methyl sites for hydroxylation is 2. The second-order valence-corrected chi connectivity index (χ2v) is 7.71. The molecule has 2 aromatic carbocycles. The van der Waals surface area contributed by atoms with Gasteiger partial charge in [0, 0.05) is 18.7 Å². The fourth-order valence-corrected chi connectivity index (χ4v) is 4.18. The highest BCUT2D eigenvalue weighted by molar-refractivity contribution is 7.22. The molecule has 0 aliphatic carbocycles. The van der Waals surface area contributed by atoms with Crippen molar-refractivity contribution in [2.75, 3.05) is 31.1 Å². The summed E-state index contributed by atoms with van der Waals surface area (Å²) in [4.78, 5) is 22.3. The van der Waals surface area contributed by atoms with Crippen LogP contribution in [0.4, 0.5) is 5.13 Å². The maximum atomic E-state index is 13.2. The number of rotatable bonds is 7. The van der Waals surface area contributed by atoms with Gasteiger partial charge in [-0.1, -0.05) is 49.4 Å². The summed E-state index contributed by atoms with van der Waals surface area (Å²) in [6.07, 6.45) is 0. The van der Waals surface area contributed by atoms with Crippen molar-refractivity contribution in [1.82, 2.24) is 9.88 Å². The molecule has 150 valence electrons. The number of amides is 1. The van der Waals surface area contributed by atoms with Crippen LogP contribution < -0.4 is 4.90 Å². The van der Waals surface area contributed by atoms with Crippen LogP contribution in [-0.2, 0) is 0 Å². The minimum absolute atomic E-state index is 0. The summed E-state index contributed by atoms with van der Waals surface area (Å²) in [5.74, 6) is 0.0104. The molecule has 1 heterocycles. The van der Waals surface area contributed by atoms with Crippen LogP contribution in [0.5, 0.6) is 0 Å². The molecule has 28 heavy (non-hydrogen) atoms. The molecule has 0 bridgehead atoms. The summed E-state index contributed by atoms with van der Waals surface area (Å²) < 4.78 is 1.13. The molecule has 3 aromatic rings. The second-order valence-electron chi connectivity index (χ2n) is 6.70. The third-order valence-corrected chi connectivity index (χ3v) is 6.15. The smallest absolute Gasteiger partial charge is 0.260 e. The lowest BCUT2D eigenvalue weighted by Crippen LogP contribution is -2.38. The van der Waals surface area contributed by atoms with Crippen LogP contribution in [0.2, 0.25) is 0 Å². The number of thiazole rings is 1. The Morgan fingerprint density at radius 3 is 2.32 bits per heavy atom. The fraction of sp³-hybridized carbons (Fsp3) is 0.364. The molecule has 1 amide bonds. The minimum atomic E-state index is 0. The minimum Gasteiger partial charge on any atom is -0.302 e. The summed E-state index contributed by atoms with van der Waals surface area (Å²) in [6.45, 7) is 11.9. The number of hydrogen-bond acceptors (Lipinski definition) is 4. The van der Waals surface area contributed by atoms with Crippen molar-refractivity contribution < 1.29 is 4.79 Å². The van der Waals surface area contributed by atoms with Gasteiger partial charge >= 0.3 is 0 Å². The van der Waals surface area contributed by atoms with Gasteiger partial charge in [-0.05, 0) is 56.3 Å². The molecule has 0 aliphatic rings. The van der Waals surface area contributed by atoms with Crippen molar-refractivity contribution in [3.63, 3.8) is 0 Å². The Kier molecular flexibility index (Phi) is 7.98. The summed E-state index contributed by atoms with van der Waals surface area (Å²) in [5.41, 5.74) is 4.11. The number of carbonyl (C=O) groups is 1. The zero-order valence-electron chi connectivity index (χ0n) is 16.9. The van der Waals surface area contributed by atoms with E-state index in [1.807, 2.05) is 35.2 Å². The quantitative estimate of drug-likeness (QED) is 0.521. The first kappa shape index (κ1) is 22.3. The zero-order valence-corrected chi connectivity index (χ0v) is 18.6. The highest BCUT2D eigenvalue weighted by Gasteiger charge is 2.22. The normalized spacial score (nSPS) is 10.9. The van der Waals surface area contributed by atoms with E-state index in [1.54, 1.807) is 11.3 Å². The van der Waals surface area contributed by atoms with Gasteiger partial charge in [0.15, 0.2) is 5.13 Å². The molecule has 0 unspecified atom stereocenters. The first-order valence-electron chi connectivity index (χ1n) is 9.51. The van der Waals surface area contributed by atoms with Crippen LogP contribution in [0.1, 0.15) is 35.3 Å². The van der Waals surface area contributed by atoms with Gasteiger partial charge in [-0.15, -0.1) is 12.4 Å². The average molecular weight is 418 g/mol. The highest BCUT2D eigenvalue weighted by atomic mass is 35.5. The molecular formula is C22H28ClN3OS. The van der Waals surface area contributed by atoms with E-state index in [4.69, 9.17) is 4.98 Å². The van der Waals surface area contributed by atoms with Crippen molar-refractivity contribution in [2.45, 2.75) is 27.7 Å². The van der Waals surface area contributed by atoms with Gasteiger partial charge in [0.1, 0.15) is 0 Å². The Balaban J connectivity index is 0.00000280. The first-order valence-corrected chi connectivity index (χ1v) is 10.3. The van der Waals surface area contributed by atoms with E-state index >= 15 is 0 Å². The van der Waals surface area contributed by atoms with E-state index < -0.39 is 0 Å². The van der Waals surface area contributed by atoms with Gasteiger partial charge in [0.25, 0.3) is 5.91 Å². The van der Waals surface area contributed by atoms with Crippen molar-refractivity contribution in [2.24, 2.45) is 0 Å². The Hall–Kier alpha value is -1.95. The van der Waals surface area contributed by atoms with Crippen LogP contribution >= 0.6 is 23.7 Å². The van der Waals surface area contributed by atoms with Crippen LogP contribution in [0.15, 0.2) is 42.5 Å². The molecule has 0 saturated carbocycles. The van der Waals surface area contributed by atoms with Gasteiger partial charge in [0.2, 0.25) is 0 Å². The largest absolute Gasteiger partial charge is 0.302 e. The zero-order chi connectivity index (χ0) is 19.4. The molecule has 0 saturated heterocycles.